The second-order valence-electron chi connectivity index (χ2n) is 5.64. The van der Waals surface area contributed by atoms with Gasteiger partial charge in [0.15, 0.2) is 0 Å². The molecular formula is C18H23NO2. The summed E-state index contributed by atoms with van der Waals surface area (Å²) in [6, 6.07) is 13.9. The van der Waals surface area contributed by atoms with E-state index in [0.29, 0.717) is 0 Å². The average Bonchev–Trinajstić information content (AvgIpc) is 2.44. The number of aryl methyl sites for hydroxylation is 2. The van der Waals surface area contributed by atoms with Gasteiger partial charge in [-0.1, -0.05) is 35.4 Å². The minimum absolute atomic E-state index is 0.250. The number of rotatable bonds is 5. The fraction of sp³-hybridized carbons (Fsp3) is 0.333. The number of hydrogen-bond acceptors (Lipinski definition) is 3. The summed E-state index contributed by atoms with van der Waals surface area (Å²) < 4.78 is 5.72. The number of aliphatic hydroxyl groups excluding tert-OH is 1. The van der Waals surface area contributed by atoms with Crippen LogP contribution in [-0.2, 0) is 0 Å². The quantitative estimate of drug-likeness (QED) is 0.913. The van der Waals surface area contributed by atoms with Crippen molar-refractivity contribution in [2.45, 2.75) is 20.0 Å². The van der Waals surface area contributed by atoms with Crippen molar-refractivity contribution in [3.63, 3.8) is 0 Å². The lowest BCUT2D eigenvalue weighted by atomic mass is 10.0. The molecule has 0 saturated carbocycles. The Hall–Kier alpha value is -2.00. The van der Waals surface area contributed by atoms with E-state index in [2.05, 4.69) is 6.07 Å². The number of anilines is 1. The van der Waals surface area contributed by atoms with Crippen LogP contribution in [0.5, 0.6) is 5.75 Å². The Morgan fingerprint density at radius 1 is 1.05 bits per heavy atom. The molecule has 21 heavy (non-hydrogen) atoms. The molecule has 0 aliphatic carbocycles. The van der Waals surface area contributed by atoms with Gasteiger partial charge in [0.05, 0.1) is 0 Å². The van der Waals surface area contributed by atoms with Gasteiger partial charge in [0.2, 0.25) is 0 Å². The van der Waals surface area contributed by atoms with Gasteiger partial charge in [0.1, 0.15) is 18.5 Å². The molecular weight excluding hydrogens is 262 g/mol. The van der Waals surface area contributed by atoms with Crippen LogP contribution in [0.1, 0.15) is 22.8 Å². The molecule has 0 radical (unpaired) electrons. The summed E-state index contributed by atoms with van der Waals surface area (Å²) in [5.41, 5.74) is 4.28. The molecule has 0 bridgehead atoms. The van der Waals surface area contributed by atoms with E-state index in [-0.39, 0.29) is 6.61 Å². The van der Waals surface area contributed by atoms with Crippen LogP contribution in [0.25, 0.3) is 0 Å². The van der Waals surface area contributed by atoms with Gasteiger partial charge in [-0.05, 0) is 31.5 Å². The Labute approximate surface area is 126 Å². The van der Waals surface area contributed by atoms with Crippen LogP contribution in [0.4, 0.5) is 5.69 Å². The van der Waals surface area contributed by atoms with E-state index in [1.807, 2.05) is 69.2 Å². The standard InChI is InChI=1S/C18H23NO2/c1-13-8-14(2)10-15(9-13)18(20)12-21-17-7-5-6-16(11-17)19(3)4/h5-11,18,20H,12H2,1-4H3. The first kappa shape index (κ1) is 15.4. The number of benzene rings is 2. The largest absolute Gasteiger partial charge is 0.490 e. The van der Waals surface area contributed by atoms with Crippen LogP contribution < -0.4 is 9.64 Å². The van der Waals surface area contributed by atoms with E-state index >= 15 is 0 Å². The van der Waals surface area contributed by atoms with Crippen LogP contribution in [-0.4, -0.2) is 25.8 Å². The number of aliphatic hydroxyl groups is 1. The van der Waals surface area contributed by atoms with Crippen molar-refractivity contribution in [2.24, 2.45) is 0 Å². The Morgan fingerprint density at radius 3 is 2.33 bits per heavy atom. The highest BCUT2D eigenvalue weighted by Gasteiger charge is 2.10. The molecule has 1 atom stereocenters. The van der Waals surface area contributed by atoms with Gasteiger partial charge in [-0.2, -0.15) is 0 Å². The van der Waals surface area contributed by atoms with Gasteiger partial charge in [-0.3, -0.25) is 0 Å². The third-order valence-electron chi connectivity index (χ3n) is 3.37. The maximum atomic E-state index is 10.3. The van der Waals surface area contributed by atoms with Gasteiger partial charge in [-0.25, -0.2) is 0 Å². The molecule has 0 aromatic heterocycles. The van der Waals surface area contributed by atoms with Crippen molar-refractivity contribution in [1.29, 1.82) is 0 Å². The SMILES string of the molecule is Cc1cc(C)cc(C(O)COc2cccc(N(C)C)c2)c1. The highest BCUT2D eigenvalue weighted by atomic mass is 16.5. The van der Waals surface area contributed by atoms with Crippen LogP contribution in [0.2, 0.25) is 0 Å². The molecule has 3 nitrogen and oxygen atoms in total. The first-order valence-corrected chi connectivity index (χ1v) is 7.12. The molecule has 0 spiro atoms. The minimum Gasteiger partial charge on any atom is -0.490 e. The lowest BCUT2D eigenvalue weighted by molar-refractivity contribution is 0.108. The number of hydrogen-bond donors (Lipinski definition) is 1. The minimum atomic E-state index is -0.619. The fourth-order valence-electron chi connectivity index (χ4n) is 2.33. The molecule has 2 aromatic rings. The van der Waals surface area contributed by atoms with E-state index in [1.54, 1.807) is 0 Å². The third-order valence-corrected chi connectivity index (χ3v) is 3.37. The van der Waals surface area contributed by atoms with Gasteiger partial charge in [0, 0.05) is 25.8 Å². The zero-order valence-corrected chi connectivity index (χ0v) is 13.1. The van der Waals surface area contributed by atoms with Crippen molar-refractivity contribution in [3.05, 3.63) is 59.2 Å². The van der Waals surface area contributed by atoms with Crippen molar-refractivity contribution >= 4 is 5.69 Å². The second kappa shape index (κ2) is 6.64. The summed E-state index contributed by atoms with van der Waals surface area (Å²) in [5, 5.41) is 10.3. The van der Waals surface area contributed by atoms with Crippen LogP contribution in [0.3, 0.4) is 0 Å². The van der Waals surface area contributed by atoms with E-state index in [4.69, 9.17) is 4.74 Å². The summed E-state index contributed by atoms with van der Waals surface area (Å²) in [4.78, 5) is 2.02. The van der Waals surface area contributed by atoms with Crippen LogP contribution in [0.15, 0.2) is 42.5 Å². The summed E-state index contributed by atoms with van der Waals surface area (Å²) in [6.07, 6.45) is -0.619. The molecule has 112 valence electrons. The lowest BCUT2D eigenvalue weighted by Crippen LogP contribution is -2.11. The van der Waals surface area contributed by atoms with Gasteiger partial charge in [0.25, 0.3) is 0 Å². The lowest BCUT2D eigenvalue weighted by Gasteiger charge is -2.16. The molecule has 0 aliphatic rings. The Kier molecular flexibility index (Phi) is 4.86. The maximum Gasteiger partial charge on any atom is 0.121 e. The van der Waals surface area contributed by atoms with Crippen molar-refractivity contribution in [1.82, 2.24) is 0 Å². The first-order chi connectivity index (χ1) is 9.95. The molecule has 2 rings (SSSR count). The fourth-order valence-corrected chi connectivity index (χ4v) is 2.33. The Morgan fingerprint density at radius 2 is 1.71 bits per heavy atom. The zero-order chi connectivity index (χ0) is 15.4. The predicted octanol–water partition coefficient (Wildman–Crippen LogP) is 3.48. The monoisotopic (exact) mass is 285 g/mol. The predicted molar refractivity (Wildman–Crippen MR) is 87.1 cm³/mol. The van der Waals surface area contributed by atoms with E-state index < -0.39 is 6.10 Å². The number of ether oxygens (including phenoxy) is 1. The van der Waals surface area contributed by atoms with E-state index in [9.17, 15) is 5.11 Å². The summed E-state index contributed by atoms with van der Waals surface area (Å²) >= 11 is 0. The first-order valence-electron chi connectivity index (χ1n) is 7.12. The molecule has 2 aromatic carbocycles. The van der Waals surface area contributed by atoms with Crippen LogP contribution in [0, 0.1) is 13.8 Å². The van der Waals surface area contributed by atoms with Gasteiger partial charge >= 0.3 is 0 Å². The zero-order valence-electron chi connectivity index (χ0n) is 13.1. The topological polar surface area (TPSA) is 32.7 Å². The third kappa shape index (κ3) is 4.23. The van der Waals surface area contributed by atoms with E-state index in [1.165, 1.54) is 0 Å². The highest BCUT2D eigenvalue weighted by molar-refractivity contribution is 5.49. The Bertz CT molecular complexity index is 588. The smallest absolute Gasteiger partial charge is 0.121 e. The number of nitrogens with zero attached hydrogens (tertiary/aromatic N) is 1. The van der Waals surface area contributed by atoms with Crippen molar-refractivity contribution in [2.75, 3.05) is 25.6 Å². The normalized spacial score (nSPS) is 12.0. The molecule has 0 saturated heterocycles. The van der Waals surface area contributed by atoms with Crippen molar-refractivity contribution in [3.8, 4) is 5.75 Å². The molecule has 0 fully saturated rings. The second-order valence-corrected chi connectivity index (χ2v) is 5.64. The van der Waals surface area contributed by atoms with E-state index in [0.717, 1.165) is 28.1 Å². The molecule has 0 heterocycles. The molecule has 3 heteroatoms. The molecule has 1 unspecified atom stereocenters. The maximum absolute atomic E-state index is 10.3. The molecule has 0 amide bonds. The molecule has 0 aliphatic heterocycles. The average molecular weight is 285 g/mol. The summed E-state index contributed by atoms with van der Waals surface area (Å²) in [6.45, 7) is 4.31. The summed E-state index contributed by atoms with van der Waals surface area (Å²) in [5.74, 6) is 0.768. The van der Waals surface area contributed by atoms with Crippen LogP contribution >= 0.6 is 0 Å². The highest BCUT2D eigenvalue weighted by Crippen LogP contribution is 2.22. The van der Waals surface area contributed by atoms with Gasteiger partial charge in [-0.15, -0.1) is 0 Å². The van der Waals surface area contributed by atoms with Crippen molar-refractivity contribution < 1.29 is 9.84 Å². The summed E-state index contributed by atoms with van der Waals surface area (Å²) in [7, 11) is 3.98. The molecule has 1 N–H and O–H groups in total. The van der Waals surface area contributed by atoms with Gasteiger partial charge < -0.3 is 14.7 Å². The Balaban J connectivity index is 2.03.